The highest BCUT2D eigenvalue weighted by Crippen LogP contribution is 2.22. The Morgan fingerprint density at radius 3 is 2.48 bits per heavy atom. The van der Waals surface area contributed by atoms with E-state index in [0.717, 1.165) is 59.7 Å². The lowest BCUT2D eigenvalue weighted by atomic mass is 10.1. The Hall–Kier alpha value is -3.53. The van der Waals surface area contributed by atoms with Gasteiger partial charge in [-0.1, -0.05) is 54.6 Å². The second-order valence-corrected chi connectivity index (χ2v) is 7.43. The quantitative estimate of drug-likeness (QED) is 0.217. The fourth-order valence-electron chi connectivity index (χ4n) is 3.67. The van der Waals surface area contributed by atoms with Crippen LogP contribution in [0.15, 0.2) is 91.5 Å². The Morgan fingerprint density at radius 2 is 1.61 bits per heavy atom. The summed E-state index contributed by atoms with van der Waals surface area (Å²) in [6.07, 6.45) is 4.67. The summed E-state index contributed by atoms with van der Waals surface area (Å²) in [5, 5.41) is 0. The molecule has 0 bridgehead atoms. The highest BCUT2D eigenvalue weighted by molar-refractivity contribution is 5.75. The SMILES string of the molecule is C=CCc1ccccc1OCc1nc2ccccc2n1CCCCOc1ccccc1. The first-order chi connectivity index (χ1) is 15.3. The Balaban J connectivity index is 1.41. The number of hydrogen-bond acceptors (Lipinski definition) is 3. The molecule has 0 amide bonds. The van der Waals surface area contributed by atoms with Crippen molar-refractivity contribution in [2.75, 3.05) is 6.61 Å². The van der Waals surface area contributed by atoms with Crippen LogP contribution in [0.4, 0.5) is 0 Å². The van der Waals surface area contributed by atoms with E-state index in [4.69, 9.17) is 14.5 Å². The number of aromatic nitrogens is 2. The first-order valence-corrected chi connectivity index (χ1v) is 10.8. The van der Waals surface area contributed by atoms with Gasteiger partial charge in [0.05, 0.1) is 17.6 Å². The number of imidazole rings is 1. The molecule has 1 aromatic heterocycles. The molecule has 0 atom stereocenters. The second-order valence-electron chi connectivity index (χ2n) is 7.43. The van der Waals surface area contributed by atoms with E-state index in [2.05, 4.69) is 35.4 Å². The van der Waals surface area contributed by atoms with Crippen molar-refractivity contribution in [3.8, 4) is 11.5 Å². The summed E-state index contributed by atoms with van der Waals surface area (Å²) in [5.41, 5.74) is 3.28. The summed E-state index contributed by atoms with van der Waals surface area (Å²) in [6, 6.07) is 26.3. The largest absolute Gasteiger partial charge is 0.494 e. The summed E-state index contributed by atoms with van der Waals surface area (Å²) in [7, 11) is 0. The Morgan fingerprint density at radius 1 is 0.839 bits per heavy atom. The number of para-hydroxylation sites is 4. The molecule has 0 radical (unpaired) electrons. The van der Waals surface area contributed by atoms with E-state index < -0.39 is 0 Å². The van der Waals surface area contributed by atoms with E-state index >= 15 is 0 Å². The number of benzene rings is 3. The Bertz CT molecular complexity index is 1120. The molecule has 0 N–H and O–H groups in total. The van der Waals surface area contributed by atoms with Gasteiger partial charge in [0.2, 0.25) is 0 Å². The van der Waals surface area contributed by atoms with Crippen LogP contribution in [0.3, 0.4) is 0 Å². The minimum Gasteiger partial charge on any atom is -0.494 e. The predicted octanol–water partition coefficient (Wildman–Crippen LogP) is 6.20. The lowest BCUT2D eigenvalue weighted by molar-refractivity contribution is 0.283. The topological polar surface area (TPSA) is 36.3 Å². The zero-order valence-electron chi connectivity index (χ0n) is 17.7. The molecule has 0 saturated heterocycles. The van der Waals surface area contributed by atoms with Crippen LogP contribution >= 0.6 is 0 Å². The van der Waals surface area contributed by atoms with Crippen LogP contribution in [0.1, 0.15) is 24.2 Å². The maximum Gasteiger partial charge on any atom is 0.147 e. The van der Waals surface area contributed by atoms with Gasteiger partial charge >= 0.3 is 0 Å². The molecule has 1 heterocycles. The molecule has 0 unspecified atom stereocenters. The number of hydrogen-bond donors (Lipinski definition) is 0. The van der Waals surface area contributed by atoms with Gasteiger partial charge in [-0.05, 0) is 55.2 Å². The summed E-state index contributed by atoms with van der Waals surface area (Å²) in [6.45, 7) is 5.86. The number of allylic oxidation sites excluding steroid dienone is 1. The van der Waals surface area contributed by atoms with Crippen molar-refractivity contribution in [2.45, 2.75) is 32.4 Å². The predicted molar refractivity (Wildman–Crippen MR) is 126 cm³/mol. The van der Waals surface area contributed by atoms with Crippen LogP contribution in [0.25, 0.3) is 11.0 Å². The van der Waals surface area contributed by atoms with E-state index in [1.807, 2.05) is 60.7 Å². The lowest BCUT2D eigenvalue weighted by Crippen LogP contribution is -2.09. The van der Waals surface area contributed by atoms with Crippen molar-refractivity contribution in [1.82, 2.24) is 9.55 Å². The van der Waals surface area contributed by atoms with Crippen LogP contribution in [-0.4, -0.2) is 16.2 Å². The van der Waals surface area contributed by atoms with Gasteiger partial charge in [-0.3, -0.25) is 0 Å². The van der Waals surface area contributed by atoms with Crippen LogP contribution in [0.5, 0.6) is 11.5 Å². The van der Waals surface area contributed by atoms with E-state index in [-0.39, 0.29) is 0 Å². The number of rotatable bonds is 11. The lowest BCUT2D eigenvalue weighted by Gasteiger charge is -2.13. The number of unbranched alkanes of at least 4 members (excludes halogenated alkanes) is 1. The highest BCUT2D eigenvalue weighted by Gasteiger charge is 2.12. The molecule has 0 aliphatic carbocycles. The van der Waals surface area contributed by atoms with Crippen LogP contribution in [0.2, 0.25) is 0 Å². The van der Waals surface area contributed by atoms with Crippen molar-refractivity contribution in [2.24, 2.45) is 0 Å². The Kier molecular flexibility index (Phi) is 7.01. The van der Waals surface area contributed by atoms with Crippen LogP contribution in [-0.2, 0) is 19.6 Å². The zero-order valence-corrected chi connectivity index (χ0v) is 17.7. The van der Waals surface area contributed by atoms with Gasteiger partial charge < -0.3 is 14.0 Å². The summed E-state index contributed by atoms with van der Waals surface area (Å²) in [4.78, 5) is 4.84. The molecule has 4 rings (SSSR count). The standard InChI is InChI=1S/C27H28N2O2/c1-2-12-22-13-6-9-18-26(22)31-21-27-28-24-16-7-8-17-25(24)29(27)19-10-11-20-30-23-14-4-3-5-15-23/h2-9,13-18H,1,10-12,19-21H2. The molecule has 0 saturated carbocycles. The van der Waals surface area contributed by atoms with E-state index in [1.54, 1.807) is 0 Å². The van der Waals surface area contributed by atoms with Gasteiger partial charge in [0, 0.05) is 6.54 Å². The maximum atomic E-state index is 6.18. The second kappa shape index (κ2) is 10.5. The third-order valence-electron chi connectivity index (χ3n) is 5.22. The fraction of sp³-hybridized carbons (Fsp3) is 0.222. The minimum absolute atomic E-state index is 0.434. The van der Waals surface area contributed by atoms with Gasteiger partial charge in [-0.2, -0.15) is 0 Å². The molecule has 0 aliphatic heterocycles. The van der Waals surface area contributed by atoms with Crippen molar-refractivity contribution >= 4 is 11.0 Å². The summed E-state index contributed by atoms with van der Waals surface area (Å²) < 4.78 is 14.3. The summed E-state index contributed by atoms with van der Waals surface area (Å²) in [5.74, 6) is 2.75. The fourth-order valence-corrected chi connectivity index (χ4v) is 3.67. The molecule has 0 spiro atoms. The van der Waals surface area contributed by atoms with Gasteiger partial charge in [-0.25, -0.2) is 4.98 Å². The first kappa shape index (κ1) is 20.7. The van der Waals surface area contributed by atoms with Gasteiger partial charge in [0.1, 0.15) is 23.9 Å². The van der Waals surface area contributed by atoms with Gasteiger partial charge in [-0.15, -0.1) is 6.58 Å². The van der Waals surface area contributed by atoms with Crippen LogP contribution < -0.4 is 9.47 Å². The minimum atomic E-state index is 0.434. The molecule has 0 aliphatic rings. The van der Waals surface area contributed by atoms with Crippen molar-refractivity contribution in [3.63, 3.8) is 0 Å². The normalized spacial score (nSPS) is 10.8. The molecule has 158 valence electrons. The average Bonchev–Trinajstić information content (AvgIpc) is 3.17. The number of fused-ring (bicyclic) bond motifs is 1. The van der Waals surface area contributed by atoms with E-state index in [1.165, 1.54) is 0 Å². The van der Waals surface area contributed by atoms with Crippen molar-refractivity contribution < 1.29 is 9.47 Å². The first-order valence-electron chi connectivity index (χ1n) is 10.8. The monoisotopic (exact) mass is 412 g/mol. The smallest absolute Gasteiger partial charge is 0.147 e. The number of ether oxygens (including phenoxy) is 2. The molecular formula is C27H28N2O2. The van der Waals surface area contributed by atoms with Gasteiger partial charge in [0.15, 0.2) is 0 Å². The summed E-state index contributed by atoms with van der Waals surface area (Å²) >= 11 is 0. The highest BCUT2D eigenvalue weighted by atomic mass is 16.5. The number of nitrogens with zero attached hydrogens (tertiary/aromatic N) is 2. The molecule has 0 fully saturated rings. The van der Waals surface area contributed by atoms with Crippen molar-refractivity contribution in [1.29, 1.82) is 0 Å². The molecule has 3 aromatic carbocycles. The third kappa shape index (κ3) is 5.34. The van der Waals surface area contributed by atoms with Crippen molar-refractivity contribution in [3.05, 3.63) is 103 Å². The molecule has 31 heavy (non-hydrogen) atoms. The molecule has 4 nitrogen and oxygen atoms in total. The van der Waals surface area contributed by atoms with E-state index in [9.17, 15) is 0 Å². The average molecular weight is 413 g/mol. The van der Waals surface area contributed by atoms with Gasteiger partial charge in [0.25, 0.3) is 0 Å². The molecular weight excluding hydrogens is 384 g/mol. The van der Waals surface area contributed by atoms with E-state index in [0.29, 0.717) is 13.2 Å². The maximum absolute atomic E-state index is 6.18. The zero-order chi connectivity index (χ0) is 21.3. The Labute approximate surface area is 183 Å². The van der Waals surface area contributed by atoms with Crippen LogP contribution in [0, 0.1) is 0 Å². The number of aryl methyl sites for hydroxylation is 1. The third-order valence-corrected chi connectivity index (χ3v) is 5.22. The molecule has 4 aromatic rings. The molecule has 4 heteroatoms.